The number of halogens is 3. The highest BCUT2D eigenvalue weighted by molar-refractivity contribution is 7.91. The third kappa shape index (κ3) is 5.74. The number of hydrogen-bond donors (Lipinski definition) is 2. The van der Waals surface area contributed by atoms with Gasteiger partial charge >= 0.3 is 6.36 Å². The number of piperidine rings is 1. The van der Waals surface area contributed by atoms with E-state index in [1.807, 2.05) is 9.80 Å². The van der Waals surface area contributed by atoms with E-state index in [2.05, 4.69) is 4.74 Å². The quantitative estimate of drug-likeness (QED) is 0.394. The lowest BCUT2D eigenvalue weighted by Gasteiger charge is -2.44. The fraction of sp³-hybridized carbons (Fsp3) is 0.650. The first-order chi connectivity index (χ1) is 16.0. The average molecular weight is 511 g/mol. The van der Waals surface area contributed by atoms with Crippen LogP contribution in [0.4, 0.5) is 18.9 Å². The van der Waals surface area contributed by atoms with Crippen LogP contribution in [-0.2, 0) is 19.6 Å². The highest BCUT2D eigenvalue weighted by Crippen LogP contribution is 2.35. The van der Waals surface area contributed by atoms with Gasteiger partial charge in [-0.2, -0.15) is 4.31 Å². The van der Waals surface area contributed by atoms with Gasteiger partial charge in [0.15, 0.2) is 4.75 Å². The fourth-order valence-corrected chi connectivity index (χ4v) is 6.47. The highest BCUT2D eigenvalue weighted by atomic mass is 32.2. The van der Waals surface area contributed by atoms with E-state index in [1.165, 1.54) is 28.6 Å². The van der Waals surface area contributed by atoms with Gasteiger partial charge in [0.2, 0.25) is 10.0 Å². The molecule has 2 aliphatic rings. The maximum atomic E-state index is 13.6. The lowest BCUT2D eigenvalue weighted by molar-refractivity contribution is -0.274. The molecule has 0 atom stereocenters. The van der Waals surface area contributed by atoms with E-state index in [-0.39, 0.29) is 44.8 Å². The predicted molar refractivity (Wildman–Crippen MR) is 116 cm³/mol. The van der Waals surface area contributed by atoms with E-state index in [0.717, 1.165) is 0 Å². The first-order valence-electron chi connectivity index (χ1n) is 10.8. The van der Waals surface area contributed by atoms with E-state index in [0.29, 0.717) is 31.9 Å². The van der Waals surface area contributed by atoms with Crippen molar-refractivity contribution >= 4 is 21.6 Å². The van der Waals surface area contributed by atoms with Gasteiger partial charge < -0.3 is 19.3 Å². The van der Waals surface area contributed by atoms with Crippen LogP contribution in [0.1, 0.15) is 12.8 Å². The molecule has 1 aromatic carbocycles. The second-order valence-electron chi connectivity index (χ2n) is 8.20. The van der Waals surface area contributed by atoms with Crippen molar-refractivity contribution in [2.75, 3.05) is 64.4 Å². The molecule has 192 valence electrons. The zero-order valence-electron chi connectivity index (χ0n) is 18.8. The molecule has 3 rings (SSSR count). The fourth-order valence-electron chi connectivity index (χ4n) is 4.35. The molecule has 2 saturated heterocycles. The summed E-state index contributed by atoms with van der Waals surface area (Å²) in [6.07, 6.45) is -4.71. The van der Waals surface area contributed by atoms with Crippen molar-refractivity contribution in [2.45, 2.75) is 24.0 Å². The summed E-state index contributed by atoms with van der Waals surface area (Å²) in [4.78, 5) is 16.5. The summed E-state index contributed by atoms with van der Waals surface area (Å²) in [5.74, 6) is -1.28. The Kier molecular flexibility index (Phi) is 8.29. The van der Waals surface area contributed by atoms with Crippen molar-refractivity contribution in [2.24, 2.45) is 0 Å². The van der Waals surface area contributed by atoms with Crippen LogP contribution in [0.25, 0.3) is 0 Å². The molecule has 0 aliphatic carbocycles. The summed E-state index contributed by atoms with van der Waals surface area (Å²) in [6.45, 7) is 2.58. The van der Waals surface area contributed by atoms with Crippen molar-refractivity contribution in [3.8, 4) is 5.75 Å². The SMILES string of the molecule is COCCN1CCC(C(=O)NO)(S(=O)(=O)N2CCN(c3ccc(OC(F)(F)F)cc3)CC2)CC1. The van der Waals surface area contributed by atoms with E-state index in [9.17, 15) is 31.6 Å². The van der Waals surface area contributed by atoms with Crippen LogP contribution in [0.15, 0.2) is 24.3 Å². The number of nitrogens with zero attached hydrogens (tertiary/aromatic N) is 3. The zero-order chi connectivity index (χ0) is 25.0. The van der Waals surface area contributed by atoms with Gasteiger partial charge in [-0.15, -0.1) is 13.2 Å². The normalized spacial score (nSPS) is 20.2. The topological polar surface area (TPSA) is 112 Å². The Labute approximate surface area is 196 Å². The number of piperazine rings is 1. The monoisotopic (exact) mass is 510 g/mol. The number of rotatable bonds is 8. The van der Waals surface area contributed by atoms with Crippen LogP contribution in [0.3, 0.4) is 0 Å². The Bertz CT molecular complexity index is 929. The number of likely N-dealkylation sites (tertiary alicyclic amines) is 1. The third-order valence-electron chi connectivity index (χ3n) is 6.30. The van der Waals surface area contributed by atoms with E-state index < -0.39 is 27.0 Å². The Balaban J connectivity index is 1.67. The minimum atomic E-state index is -4.78. The van der Waals surface area contributed by atoms with Crippen molar-refractivity contribution in [3.05, 3.63) is 24.3 Å². The molecule has 10 nitrogen and oxygen atoms in total. The number of ether oxygens (including phenoxy) is 2. The summed E-state index contributed by atoms with van der Waals surface area (Å²) in [7, 11) is -2.53. The molecule has 0 aromatic heterocycles. The van der Waals surface area contributed by atoms with Crippen molar-refractivity contribution in [3.63, 3.8) is 0 Å². The second-order valence-corrected chi connectivity index (χ2v) is 10.5. The number of methoxy groups -OCH3 is 1. The molecule has 0 unspecified atom stereocenters. The summed E-state index contributed by atoms with van der Waals surface area (Å²) >= 11 is 0. The van der Waals surface area contributed by atoms with Crippen LogP contribution in [0, 0.1) is 0 Å². The molecule has 2 N–H and O–H groups in total. The van der Waals surface area contributed by atoms with E-state index in [1.54, 1.807) is 12.6 Å². The Morgan fingerprint density at radius 2 is 1.68 bits per heavy atom. The maximum absolute atomic E-state index is 13.6. The molecule has 0 saturated carbocycles. The van der Waals surface area contributed by atoms with Crippen molar-refractivity contribution in [1.82, 2.24) is 14.7 Å². The van der Waals surface area contributed by atoms with Crippen LogP contribution in [0.2, 0.25) is 0 Å². The molecular formula is C20H29F3N4O6S. The van der Waals surface area contributed by atoms with Crippen LogP contribution >= 0.6 is 0 Å². The number of sulfonamides is 1. The van der Waals surface area contributed by atoms with Crippen LogP contribution in [0.5, 0.6) is 5.75 Å². The lowest BCUT2D eigenvalue weighted by atomic mass is 9.95. The number of hydroxylamine groups is 1. The Morgan fingerprint density at radius 1 is 1.09 bits per heavy atom. The maximum Gasteiger partial charge on any atom is 0.573 e. The average Bonchev–Trinajstić information content (AvgIpc) is 2.82. The zero-order valence-corrected chi connectivity index (χ0v) is 19.6. The minimum Gasteiger partial charge on any atom is -0.406 e. The molecule has 0 bridgehead atoms. The van der Waals surface area contributed by atoms with Crippen molar-refractivity contribution in [1.29, 1.82) is 0 Å². The number of nitrogens with one attached hydrogen (secondary N) is 1. The molecule has 14 heteroatoms. The molecule has 1 amide bonds. The summed E-state index contributed by atoms with van der Waals surface area (Å²) in [5, 5.41) is 9.30. The molecular weight excluding hydrogens is 481 g/mol. The summed E-state index contributed by atoms with van der Waals surface area (Å²) in [5.41, 5.74) is 2.17. The van der Waals surface area contributed by atoms with Gasteiger partial charge in [0.05, 0.1) is 6.61 Å². The first kappa shape index (κ1) is 26.5. The van der Waals surface area contributed by atoms with Gasteiger partial charge in [-0.3, -0.25) is 10.0 Å². The van der Waals surface area contributed by atoms with E-state index in [4.69, 9.17) is 4.74 Å². The molecule has 0 radical (unpaired) electrons. The van der Waals surface area contributed by atoms with Gasteiger partial charge in [0, 0.05) is 58.6 Å². The number of benzene rings is 1. The molecule has 2 heterocycles. The molecule has 34 heavy (non-hydrogen) atoms. The minimum absolute atomic E-state index is 0.0341. The molecule has 2 fully saturated rings. The smallest absolute Gasteiger partial charge is 0.406 e. The van der Waals surface area contributed by atoms with Crippen LogP contribution in [-0.4, -0.2) is 99.4 Å². The molecule has 1 aromatic rings. The molecule has 2 aliphatic heterocycles. The Morgan fingerprint density at radius 3 is 2.18 bits per heavy atom. The van der Waals surface area contributed by atoms with Crippen molar-refractivity contribution < 1.29 is 41.1 Å². The lowest BCUT2D eigenvalue weighted by Crippen LogP contribution is -2.63. The first-order valence-corrected chi connectivity index (χ1v) is 12.2. The van der Waals surface area contributed by atoms with Gasteiger partial charge in [-0.1, -0.05) is 0 Å². The Hall–Kier alpha value is -2.13. The standard InChI is InChI=1S/C20H29F3N4O6S/c1-32-15-14-25-8-6-19(7-9-25,18(28)24-29)34(30,31)27-12-10-26(11-13-27)16-2-4-17(5-3-16)33-20(21,22)23/h2-5,29H,6-15H2,1H3,(H,24,28). The molecule has 0 spiro atoms. The largest absolute Gasteiger partial charge is 0.573 e. The number of anilines is 1. The summed E-state index contributed by atoms with van der Waals surface area (Å²) < 4.78 is 72.6. The predicted octanol–water partition coefficient (Wildman–Crippen LogP) is 1.02. The number of carbonyl (C=O) groups excluding carboxylic acids is 1. The second kappa shape index (κ2) is 10.6. The number of alkyl halides is 3. The van der Waals surface area contributed by atoms with Gasteiger partial charge in [-0.05, 0) is 37.1 Å². The van der Waals surface area contributed by atoms with E-state index >= 15 is 0 Å². The number of amides is 1. The van der Waals surface area contributed by atoms with Gasteiger partial charge in [0.1, 0.15) is 5.75 Å². The number of hydrogen-bond acceptors (Lipinski definition) is 8. The van der Waals surface area contributed by atoms with Gasteiger partial charge in [-0.25, -0.2) is 13.9 Å². The number of carbonyl (C=O) groups is 1. The van der Waals surface area contributed by atoms with Crippen LogP contribution < -0.4 is 15.1 Å². The third-order valence-corrected chi connectivity index (χ3v) is 8.92. The highest BCUT2D eigenvalue weighted by Gasteiger charge is 2.55. The summed E-state index contributed by atoms with van der Waals surface area (Å²) in [6, 6.07) is 5.34. The van der Waals surface area contributed by atoms with Gasteiger partial charge in [0.25, 0.3) is 5.91 Å².